The third kappa shape index (κ3) is 2.27. The Hall–Kier alpha value is -1.92. The number of amides is 1. The van der Waals surface area contributed by atoms with Crippen LogP contribution in [0.4, 0.5) is 0 Å². The Morgan fingerprint density at radius 2 is 2.35 bits per heavy atom. The molecule has 0 aromatic carbocycles. The number of carbonyl (C=O) groups is 2. The third-order valence-electron chi connectivity index (χ3n) is 2.92. The van der Waals surface area contributed by atoms with Crippen LogP contribution in [-0.2, 0) is 4.79 Å². The van der Waals surface area contributed by atoms with Crippen LogP contribution < -0.4 is 0 Å². The minimum absolute atomic E-state index is 0.0334. The summed E-state index contributed by atoms with van der Waals surface area (Å²) in [6, 6.07) is 0.0334. The Balaban J connectivity index is 2.04. The Morgan fingerprint density at radius 1 is 1.59 bits per heavy atom. The quantitative estimate of drug-likeness (QED) is 0.810. The molecule has 0 unspecified atom stereocenters. The number of hydrogen-bond donors (Lipinski definition) is 1. The van der Waals surface area contributed by atoms with Crippen LogP contribution in [0.5, 0.6) is 0 Å². The van der Waals surface area contributed by atoms with E-state index in [0.29, 0.717) is 19.5 Å². The molecular formula is C10H14N4O3. The van der Waals surface area contributed by atoms with Crippen molar-refractivity contribution in [3.8, 4) is 0 Å². The lowest BCUT2D eigenvalue weighted by Gasteiger charge is -2.15. The van der Waals surface area contributed by atoms with E-state index in [2.05, 4.69) is 10.3 Å². The number of carboxylic acids is 1. The third-order valence-corrected chi connectivity index (χ3v) is 2.92. The molecule has 1 amide bonds. The van der Waals surface area contributed by atoms with E-state index in [4.69, 9.17) is 5.11 Å². The molecule has 1 fully saturated rings. The number of aromatic carboxylic acids is 1. The van der Waals surface area contributed by atoms with Crippen molar-refractivity contribution in [3.63, 3.8) is 0 Å². The minimum Gasteiger partial charge on any atom is -0.476 e. The summed E-state index contributed by atoms with van der Waals surface area (Å²) in [5, 5.41) is 16.1. The highest BCUT2D eigenvalue weighted by atomic mass is 16.4. The summed E-state index contributed by atoms with van der Waals surface area (Å²) < 4.78 is 1.53. The van der Waals surface area contributed by atoms with Crippen LogP contribution in [0, 0.1) is 0 Å². The van der Waals surface area contributed by atoms with Gasteiger partial charge in [-0.15, -0.1) is 5.10 Å². The molecule has 17 heavy (non-hydrogen) atoms. The Labute approximate surface area is 98.0 Å². The molecule has 2 rings (SSSR count). The topological polar surface area (TPSA) is 88.3 Å². The summed E-state index contributed by atoms with van der Waals surface area (Å²) in [5.41, 5.74) is -0.0646. The molecule has 7 nitrogen and oxygen atoms in total. The summed E-state index contributed by atoms with van der Waals surface area (Å²) in [6.07, 6.45) is 2.69. The van der Waals surface area contributed by atoms with Gasteiger partial charge in [0.1, 0.15) is 0 Å². The van der Waals surface area contributed by atoms with E-state index < -0.39 is 5.97 Å². The maximum Gasteiger partial charge on any atom is 0.358 e. The van der Waals surface area contributed by atoms with Crippen LogP contribution >= 0.6 is 0 Å². The molecule has 0 spiro atoms. The van der Waals surface area contributed by atoms with Gasteiger partial charge in [0.15, 0.2) is 5.69 Å². The van der Waals surface area contributed by atoms with Gasteiger partial charge in [-0.1, -0.05) is 12.1 Å². The number of aromatic nitrogens is 3. The van der Waals surface area contributed by atoms with Gasteiger partial charge >= 0.3 is 5.97 Å². The Morgan fingerprint density at radius 3 is 2.94 bits per heavy atom. The lowest BCUT2D eigenvalue weighted by atomic mass is 10.3. The van der Waals surface area contributed by atoms with Gasteiger partial charge in [-0.3, -0.25) is 4.79 Å². The average Bonchev–Trinajstić information content (AvgIpc) is 2.95. The lowest BCUT2D eigenvalue weighted by molar-refractivity contribution is -0.129. The number of carboxylic acid groups (broad SMARTS) is 1. The van der Waals surface area contributed by atoms with Gasteiger partial charge < -0.3 is 10.0 Å². The highest BCUT2D eigenvalue weighted by molar-refractivity contribution is 5.84. The number of rotatable bonds is 3. The van der Waals surface area contributed by atoms with Gasteiger partial charge in [0, 0.05) is 19.5 Å². The Kier molecular flexibility index (Phi) is 3.08. The molecular weight excluding hydrogens is 224 g/mol. The van der Waals surface area contributed by atoms with Gasteiger partial charge in [0.2, 0.25) is 5.91 Å². The van der Waals surface area contributed by atoms with Crippen molar-refractivity contribution in [2.75, 3.05) is 13.1 Å². The molecule has 7 heteroatoms. The van der Waals surface area contributed by atoms with E-state index in [1.807, 2.05) is 6.92 Å². The zero-order valence-electron chi connectivity index (χ0n) is 9.54. The van der Waals surface area contributed by atoms with Crippen molar-refractivity contribution < 1.29 is 14.7 Å². The van der Waals surface area contributed by atoms with Crippen molar-refractivity contribution in [2.45, 2.75) is 25.8 Å². The van der Waals surface area contributed by atoms with E-state index >= 15 is 0 Å². The molecule has 1 atom stereocenters. The van der Waals surface area contributed by atoms with Crippen LogP contribution in [0.2, 0.25) is 0 Å². The molecule has 0 radical (unpaired) electrons. The van der Waals surface area contributed by atoms with E-state index in [0.717, 1.165) is 6.42 Å². The van der Waals surface area contributed by atoms with E-state index in [1.165, 1.54) is 10.9 Å². The molecule has 0 saturated carbocycles. The summed E-state index contributed by atoms with van der Waals surface area (Å²) in [4.78, 5) is 23.9. The zero-order chi connectivity index (χ0) is 12.4. The normalized spacial score (nSPS) is 19.6. The zero-order valence-corrected chi connectivity index (χ0v) is 9.54. The second-order valence-corrected chi connectivity index (χ2v) is 4.02. The molecule has 1 aromatic rings. The van der Waals surface area contributed by atoms with Crippen molar-refractivity contribution in [1.82, 2.24) is 19.9 Å². The first-order valence-electron chi connectivity index (χ1n) is 5.54. The number of hydrogen-bond acceptors (Lipinski definition) is 4. The largest absolute Gasteiger partial charge is 0.476 e. The van der Waals surface area contributed by atoms with Crippen LogP contribution in [0.1, 0.15) is 36.3 Å². The monoisotopic (exact) mass is 238 g/mol. The first-order valence-corrected chi connectivity index (χ1v) is 5.54. The van der Waals surface area contributed by atoms with Gasteiger partial charge in [-0.2, -0.15) is 0 Å². The maximum atomic E-state index is 11.5. The van der Waals surface area contributed by atoms with Gasteiger partial charge in [0.05, 0.1) is 12.2 Å². The van der Waals surface area contributed by atoms with Gasteiger partial charge in [-0.05, 0) is 6.42 Å². The molecule has 1 aliphatic rings. The maximum absolute atomic E-state index is 11.5. The standard InChI is InChI=1S/C10H14N4O3/c1-2-9(15)13-4-3-7(5-13)14-6-8(10(16)17)11-12-14/h6-7H,2-5H2,1H3,(H,16,17)/t7-/m1/s1. The summed E-state index contributed by atoms with van der Waals surface area (Å²) in [6.45, 7) is 3.10. The molecule has 2 heterocycles. The van der Waals surface area contributed by atoms with Crippen LogP contribution in [0.15, 0.2) is 6.20 Å². The average molecular weight is 238 g/mol. The predicted molar refractivity (Wildman–Crippen MR) is 57.5 cm³/mol. The smallest absolute Gasteiger partial charge is 0.358 e. The van der Waals surface area contributed by atoms with Gasteiger partial charge in [0.25, 0.3) is 0 Å². The summed E-state index contributed by atoms with van der Waals surface area (Å²) >= 11 is 0. The number of likely N-dealkylation sites (tertiary alicyclic amines) is 1. The van der Waals surface area contributed by atoms with Crippen molar-refractivity contribution in [2.24, 2.45) is 0 Å². The number of carbonyl (C=O) groups excluding carboxylic acids is 1. The SMILES string of the molecule is CCC(=O)N1CC[C@@H](n2cc(C(=O)O)nn2)C1. The molecule has 1 saturated heterocycles. The van der Waals surface area contributed by atoms with Crippen LogP contribution in [-0.4, -0.2) is 50.0 Å². The molecule has 0 bridgehead atoms. The highest BCUT2D eigenvalue weighted by Crippen LogP contribution is 2.21. The first kappa shape index (κ1) is 11.6. The van der Waals surface area contributed by atoms with Crippen LogP contribution in [0.3, 0.4) is 0 Å². The van der Waals surface area contributed by atoms with E-state index in [1.54, 1.807) is 4.90 Å². The van der Waals surface area contributed by atoms with Crippen molar-refractivity contribution in [1.29, 1.82) is 0 Å². The molecule has 1 aromatic heterocycles. The summed E-state index contributed by atoms with van der Waals surface area (Å²) in [7, 11) is 0. The van der Waals surface area contributed by atoms with Crippen molar-refractivity contribution >= 4 is 11.9 Å². The first-order chi connectivity index (χ1) is 8.11. The molecule has 0 aliphatic carbocycles. The van der Waals surface area contributed by atoms with E-state index in [-0.39, 0.29) is 17.6 Å². The second kappa shape index (κ2) is 4.52. The second-order valence-electron chi connectivity index (χ2n) is 4.02. The van der Waals surface area contributed by atoms with E-state index in [9.17, 15) is 9.59 Å². The molecule has 1 N–H and O–H groups in total. The fourth-order valence-electron chi connectivity index (χ4n) is 1.96. The predicted octanol–water partition coefficient (Wildman–Crippen LogP) is 0.160. The lowest BCUT2D eigenvalue weighted by Crippen LogP contribution is -2.28. The van der Waals surface area contributed by atoms with Crippen molar-refractivity contribution in [3.05, 3.63) is 11.9 Å². The van der Waals surface area contributed by atoms with Gasteiger partial charge in [-0.25, -0.2) is 9.48 Å². The fourth-order valence-corrected chi connectivity index (χ4v) is 1.96. The minimum atomic E-state index is -1.09. The summed E-state index contributed by atoms with van der Waals surface area (Å²) in [5.74, 6) is -0.971. The number of nitrogens with zero attached hydrogens (tertiary/aromatic N) is 4. The highest BCUT2D eigenvalue weighted by Gasteiger charge is 2.27. The Bertz CT molecular complexity index is 443. The van der Waals surface area contributed by atoms with Crippen LogP contribution in [0.25, 0.3) is 0 Å². The molecule has 92 valence electrons. The fraction of sp³-hybridized carbons (Fsp3) is 0.600. The molecule has 1 aliphatic heterocycles.